The topological polar surface area (TPSA) is 102 Å². The number of hydrogen-bond donors (Lipinski definition) is 1. The molecule has 29 heavy (non-hydrogen) atoms. The van der Waals surface area contributed by atoms with Crippen molar-refractivity contribution in [2.75, 3.05) is 26.3 Å². The third kappa shape index (κ3) is 5.47. The normalized spacial score (nSPS) is 20.9. The molecule has 2 fully saturated rings. The second-order valence-corrected chi connectivity index (χ2v) is 7.51. The van der Waals surface area contributed by atoms with Crippen molar-refractivity contribution < 1.29 is 28.7 Å². The summed E-state index contributed by atoms with van der Waals surface area (Å²) in [6.45, 7) is -0.465. The number of esters is 1. The standard InChI is InChI=1S/C20H23ClN2O6/c21-13-5-7-14(8-6-13)28-10-9-22-17(24)12-29-18(25)11-23-19(26)15-3-1-2-4-16(15)20(23)27/h5-8,15-16H,1-4,9-12H2,(H,22,24)/t15-,16-/m0/s1. The van der Waals surface area contributed by atoms with Crippen molar-refractivity contribution in [1.29, 1.82) is 0 Å². The third-order valence-electron chi connectivity index (χ3n) is 5.09. The Kier molecular flexibility index (Phi) is 7.09. The van der Waals surface area contributed by atoms with Crippen molar-refractivity contribution in [1.82, 2.24) is 10.2 Å². The Morgan fingerprint density at radius 3 is 2.31 bits per heavy atom. The highest BCUT2D eigenvalue weighted by atomic mass is 35.5. The minimum atomic E-state index is -0.780. The van der Waals surface area contributed by atoms with Gasteiger partial charge < -0.3 is 14.8 Å². The molecule has 3 rings (SSSR count). The van der Waals surface area contributed by atoms with Gasteiger partial charge in [0.05, 0.1) is 18.4 Å². The number of nitrogens with one attached hydrogen (secondary N) is 1. The number of carbonyl (C=O) groups is 4. The van der Waals surface area contributed by atoms with Gasteiger partial charge in [-0.25, -0.2) is 0 Å². The highest BCUT2D eigenvalue weighted by molar-refractivity contribution is 6.30. The van der Waals surface area contributed by atoms with Gasteiger partial charge in [-0.05, 0) is 37.1 Å². The largest absolute Gasteiger partial charge is 0.492 e. The molecule has 0 bridgehead atoms. The smallest absolute Gasteiger partial charge is 0.326 e. The van der Waals surface area contributed by atoms with Crippen molar-refractivity contribution in [3.8, 4) is 5.75 Å². The maximum Gasteiger partial charge on any atom is 0.326 e. The summed E-state index contributed by atoms with van der Waals surface area (Å²) in [5.74, 6) is -1.89. The van der Waals surface area contributed by atoms with Crippen LogP contribution < -0.4 is 10.1 Å². The van der Waals surface area contributed by atoms with Crippen molar-refractivity contribution in [3.63, 3.8) is 0 Å². The van der Waals surface area contributed by atoms with Crippen LogP contribution >= 0.6 is 11.6 Å². The lowest BCUT2D eigenvalue weighted by Crippen LogP contribution is -2.38. The Morgan fingerprint density at radius 1 is 1.07 bits per heavy atom. The molecule has 0 unspecified atom stereocenters. The van der Waals surface area contributed by atoms with Gasteiger partial charge >= 0.3 is 5.97 Å². The highest BCUT2D eigenvalue weighted by Crippen LogP contribution is 2.37. The van der Waals surface area contributed by atoms with E-state index in [4.69, 9.17) is 21.1 Å². The predicted molar refractivity (Wildman–Crippen MR) is 103 cm³/mol. The van der Waals surface area contributed by atoms with Crippen molar-refractivity contribution in [3.05, 3.63) is 29.3 Å². The van der Waals surface area contributed by atoms with Crippen molar-refractivity contribution in [2.45, 2.75) is 25.7 Å². The second-order valence-electron chi connectivity index (χ2n) is 7.07. The lowest BCUT2D eigenvalue weighted by atomic mass is 9.81. The average Bonchev–Trinajstić information content (AvgIpc) is 2.96. The fourth-order valence-corrected chi connectivity index (χ4v) is 3.77. The van der Waals surface area contributed by atoms with Gasteiger partial charge in [-0.15, -0.1) is 0 Å². The van der Waals surface area contributed by atoms with Crippen molar-refractivity contribution >= 4 is 35.3 Å². The summed E-state index contributed by atoms with van der Waals surface area (Å²) >= 11 is 5.78. The van der Waals surface area contributed by atoms with Crippen LogP contribution in [-0.2, 0) is 23.9 Å². The molecule has 1 aromatic rings. The zero-order valence-electron chi connectivity index (χ0n) is 15.9. The molecular weight excluding hydrogens is 400 g/mol. The molecule has 1 saturated heterocycles. The summed E-state index contributed by atoms with van der Waals surface area (Å²) in [6, 6.07) is 6.81. The molecule has 2 atom stereocenters. The molecule has 1 saturated carbocycles. The van der Waals surface area contributed by atoms with Crippen LogP contribution in [0.4, 0.5) is 0 Å². The number of benzene rings is 1. The lowest BCUT2D eigenvalue weighted by Gasteiger charge is -2.19. The van der Waals surface area contributed by atoms with E-state index in [-0.39, 0.29) is 36.8 Å². The lowest BCUT2D eigenvalue weighted by molar-refractivity contribution is -0.154. The van der Waals surface area contributed by atoms with Crippen molar-refractivity contribution in [2.24, 2.45) is 11.8 Å². The van der Waals surface area contributed by atoms with E-state index < -0.39 is 25.0 Å². The number of rotatable bonds is 8. The minimum absolute atomic E-state index is 0.228. The van der Waals surface area contributed by atoms with Gasteiger partial charge in [0, 0.05) is 5.02 Å². The summed E-state index contributed by atoms with van der Waals surface area (Å²) < 4.78 is 10.3. The van der Waals surface area contributed by atoms with E-state index in [1.165, 1.54) is 0 Å². The van der Waals surface area contributed by atoms with Crippen LogP contribution in [0.3, 0.4) is 0 Å². The summed E-state index contributed by atoms with van der Waals surface area (Å²) in [5.41, 5.74) is 0. The number of likely N-dealkylation sites (tertiary alicyclic amines) is 1. The molecule has 3 amide bonds. The Morgan fingerprint density at radius 2 is 1.69 bits per heavy atom. The molecule has 156 valence electrons. The quantitative estimate of drug-likeness (QED) is 0.387. The van der Waals surface area contributed by atoms with Gasteiger partial charge in [0.2, 0.25) is 11.8 Å². The zero-order chi connectivity index (χ0) is 20.8. The van der Waals surface area contributed by atoms with Crippen LogP contribution in [-0.4, -0.2) is 54.9 Å². The third-order valence-corrected chi connectivity index (χ3v) is 5.34. The van der Waals surface area contributed by atoms with Crippen LogP contribution in [0.5, 0.6) is 5.75 Å². The van der Waals surface area contributed by atoms with Crippen LogP contribution in [0.15, 0.2) is 24.3 Å². The molecule has 1 aliphatic carbocycles. The molecule has 1 aromatic carbocycles. The predicted octanol–water partition coefficient (Wildman–Crippen LogP) is 1.55. The average molecular weight is 423 g/mol. The molecule has 1 N–H and O–H groups in total. The van der Waals surface area contributed by atoms with Gasteiger partial charge in [0.1, 0.15) is 18.9 Å². The molecule has 1 heterocycles. The number of amides is 3. The number of imide groups is 1. The molecular formula is C20H23ClN2O6. The fourth-order valence-electron chi connectivity index (χ4n) is 3.65. The Labute approximate surface area is 173 Å². The highest BCUT2D eigenvalue weighted by Gasteiger charge is 2.48. The van der Waals surface area contributed by atoms with E-state index in [1.807, 2.05) is 0 Å². The number of hydrogen-bond acceptors (Lipinski definition) is 6. The number of halogens is 1. The van der Waals surface area contributed by atoms with E-state index >= 15 is 0 Å². The minimum Gasteiger partial charge on any atom is -0.492 e. The molecule has 1 aliphatic heterocycles. The zero-order valence-corrected chi connectivity index (χ0v) is 16.7. The maximum absolute atomic E-state index is 12.3. The number of fused-ring (bicyclic) bond motifs is 1. The number of ether oxygens (including phenoxy) is 2. The van der Waals surface area contributed by atoms with E-state index in [0.29, 0.717) is 23.6 Å². The van der Waals surface area contributed by atoms with Gasteiger partial charge in [-0.2, -0.15) is 0 Å². The Hall–Kier alpha value is -2.61. The molecule has 2 aliphatic rings. The fraction of sp³-hybridized carbons (Fsp3) is 0.500. The Bertz CT molecular complexity index is 758. The molecule has 0 radical (unpaired) electrons. The first-order valence-electron chi connectivity index (χ1n) is 9.61. The summed E-state index contributed by atoms with van der Waals surface area (Å²) in [6.07, 6.45) is 3.20. The first-order chi connectivity index (χ1) is 14.0. The van der Waals surface area contributed by atoms with Crippen LogP contribution in [0.25, 0.3) is 0 Å². The monoisotopic (exact) mass is 422 g/mol. The molecule has 0 aromatic heterocycles. The Balaban J connectivity index is 1.33. The van der Waals surface area contributed by atoms with Crippen LogP contribution in [0.1, 0.15) is 25.7 Å². The van der Waals surface area contributed by atoms with E-state index in [0.717, 1.165) is 17.7 Å². The summed E-state index contributed by atoms with van der Waals surface area (Å²) in [4.78, 5) is 49.4. The number of nitrogens with zero attached hydrogens (tertiary/aromatic N) is 1. The van der Waals surface area contributed by atoms with Gasteiger partial charge in [0.25, 0.3) is 5.91 Å². The van der Waals surface area contributed by atoms with Crippen LogP contribution in [0.2, 0.25) is 5.02 Å². The number of carbonyl (C=O) groups excluding carboxylic acids is 4. The van der Waals surface area contributed by atoms with E-state index in [2.05, 4.69) is 5.32 Å². The first-order valence-corrected chi connectivity index (χ1v) is 9.99. The summed E-state index contributed by atoms with van der Waals surface area (Å²) in [5, 5.41) is 3.16. The molecule has 8 nitrogen and oxygen atoms in total. The summed E-state index contributed by atoms with van der Waals surface area (Å²) in [7, 11) is 0. The van der Waals surface area contributed by atoms with Crippen LogP contribution in [0, 0.1) is 11.8 Å². The van der Waals surface area contributed by atoms with E-state index in [9.17, 15) is 19.2 Å². The molecule has 0 spiro atoms. The maximum atomic E-state index is 12.3. The van der Waals surface area contributed by atoms with Gasteiger partial charge in [0.15, 0.2) is 6.61 Å². The second kappa shape index (κ2) is 9.73. The SMILES string of the molecule is O=C(COC(=O)CN1C(=O)[C@H]2CCCC[C@@H]2C1=O)NCCOc1ccc(Cl)cc1. The first kappa shape index (κ1) is 21.1. The van der Waals surface area contributed by atoms with E-state index in [1.54, 1.807) is 24.3 Å². The van der Waals surface area contributed by atoms with Gasteiger partial charge in [-0.1, -0.05) is 24.4 Å². The van der Waals surface area contributed by atoms with Gasteiger partial charge in [-0.3, -0.25) is 24.1 Å². The molecule has 9 heteroatoms.